The zero-order chi connectivity index (χ0) is 11.0. The van der Waals surface area contributed by atoms with Crippen LogP contribution in [-0.4, -0.2) is 21.3 Å². The van der Waals surface area contributed by atoms with Crippen molar-refractivity contribution in [1.82, 2.24) is 9.55 Å². The summed E-state index contributed by atoms with van der Waals surface area (Å²) < 4.78 is 7.49. The lowest BCUT2D eigenvalue weighted by Gasteiger charge is -2.25. The van der Waals surface area contributed by atoms with Gasteiger partial charge in [-0.15, -0.1) is 0 Å². The Bertz CT molecular complexity index is 473. The lowest BCUT2D eigenvalue weighted by atomic mass is 10.0. The highest BCUT2D eigenvalue weighted by Crippen LogP contribution is 2.30. The summed E-state index contributed by atoms with van der Waals surface area (Å²) in [4.78, 5) is 4.40. The minimum atomic E-state index is 0.145. The van der Waals surface area contributed by atoms with Crippen molar-refractivity contribution in [2.75, 3.05) is 6.61 Å². The summed E-state index contributed by atoms with van der Waals surface area (Å²) in [5, 5.41) is 9.40. The molecule has 0 bridgehead atoms. The van der Waals surface area contributed by atoms with E-state index in [2.05, 4.69) is 9.55 Å². The first-order valence-corrected chi connectivity index (χ1v) is 5.61. The van der Waals surface area contributed by atoms with Crippen molar-refractivity contribution in [3.63, 3.8) is 0 Å². The Morgan fingerprint density at radius 2 is 2.50 bits per heavy atom. The molecule has 1 N–H and O–H groups in total. The third kappa shape index (κ3) is 1.38. The quantitative estimate of drug-likeness (QED) is 0.838. The van der Waals surface area contributed by atoms with E-state index in [0.29, 0.717) is 0 Å². The molecule has 1 aliphatic rings. The van der Waals surface area contributed by atoms with Crippen LogP contribution in [0.2, 0.25) is 0 Å². The summed E-state index contributed by atoms with van der Waals surface area (Å²) in [7, 11) is 0. The SMILES string of the molecule is OCC1CCCc2cnc(-c3ccco3)n21. The highest BCUT2D eigenvalue weighted by molar-refractivity contribution is 5.48. The maximum absolute atomic E-state index is 9.40. The molecule has 2 aromatic rings. The number of fused-ring (bicyclic) bond motifs is 1. The molecule has 0 saturated heterocycles. The molecule has 0 fully saturated rings. The van der Waals surface area contributed by atoms with E-state index >= 15 is 0 Å². The van der Waals surface area contributed by atoms with Gasteiger partial charge >= 0.3 is 0 Å². The second kappa shape index (κ2) is 3.79. The first-order chi connectivity index (χ1) is 7.90. The number of aliphatic hydroxyl groups excluding tert-OH is 1. The van der Waals surface area contributed by atoms with Crippen molar-refractivity contribution >= 4 is 0 Å². The van der Waals surface area contributed by atoms with Gasteiger partial charge in [0.2, 0.25) is 0 Å². The van der Waals surface area contributed by atoms with E-state index in [9.17, 15) is 5.11 Å². The molecule has 0 amide bonds. The fourth-order valence-corrected chi connectivity index (χ4v) is 2.40. The van der Waals surface area contributed by atoms with Crippen LogP contribution >= 0.6 is 0 Å². The van der Waals surface area contributed by atoms with E-state index in [-0.39, 0.29) is 12.6 Å². The van der Waals surface area contributed by atoms with Crippen LogP contribution in [-0.2, 0) is 6.42 Å². The van der Waals surface area contributed by atoms with Gasteiger partial charge in [0, 0.05) is 11.9 Å². The highest BCUT2D eigenvalue weighted by atomic mass is 16.3. The summed E-state index contributed by atoms with van der Waals surface area (Å²) >= 11 is 0. The minimum Gasteiger partial charge on any atom is -0.461 e. The molecule has 2 aromatic heterocycles. The van der Waals surface area contributed by atoms with Gasteiger partial charge < -0.3 is 14.1 Å². The standard InChI is InChI=1S/C12H14N2O2/c15-8-10-4-1-3-9-7-13-12(14(9)10)11-5-2-6-16-11/h2,5-7,10,15H,1,3-4,8H2. The van der Waals surface area contributed by atoms with Gasteiger partial charge in [0.25, 0.3) is 0 Å². The van der Waals surface area contributed by atoms with E-state index in [1.54, 1.807) is 6.26 Å². The summed E-state index contributed by atoms with van der Waals surface area (Å²) in [6.07, 6.45) is 6.69. The molecular weight excluding hydrogens is 204 g/mol. The highest BCUT2D eigenvalue weighted by Gasteiger charge is 2.24. The van der Waals surface area contributed by atoms with Crippen molar-refractivity contribution in [3.05, 3.63) is 30.3 Å². The van der Waals surface area contributed by atoms with Gasteiger partial charge in [-0.25, -0.2) is 4.98 Å². The second-order valence-electron chi connectivity index (χ2n) is 4.15. The van der Waals surface area contributed by atoms with E-state index in [0.717, 1.165) is 30.8 Å². The molecule has 3 rings (SSSR count). The number of aromatic nitrogens is 2. The fraction of sp³-hybridized carbons (Fsp3) is 0.417. The van der Waals surface area contributed by atoms with Gasteiger partial charge in [0.1, 0.15) is 0 Å². The van der Waals surface area contributed by atoms with Crippen molar-refractivity contribution in [1.29, 1.82) is 0 Å². The molecule has 3 heterocycles. The molecule has 4 heteroatoms. The first-order valence-electron chi connectivity index (χ1n) is 5.61. The number of nitrogens with zero attached hydrogens (tertiary/aromatic N) is 2. The Kier molecular flexibility index (Phi) is 2.29. The van der Waals surface area contributed by atoms with Gasteiger partial charge in [-0.3, -0.25) is 0 Å². The smallest absolute Gasteiger partial charge is 0.176 e. The van der Waals surface area contributed by atoms with Crippen LogP contribution in [0.5, 0.6) is 0 Å². The Hall–Kier alpha value is -1.55. The zero-order valence-corrected chi connectivity index (χ0v) is 8.97. The van der Waals surface area contributed by atoms with Crippen LogP contribution in [0.3, 0.4) is 0 Å². The van der Waals surface area contributed by atoms with Crippen LogP contribution < -0.4 is 0 Å². The maximum Gasteiger partial charge on any atom is 0.176 e. The molecule has 0 aromatic carbocycles. The number of hydrogen-bond acceptors (Lipinski definition) is 3. The monoisotopic (exact) mass is 218 g/mol. The van der Waals surface area contributed by atoms with Crippen LogP contribution in [0.1, 0.15) is 24.6 Å². The van der Waals surface area contributed by atoms with Crippen LogP contribution in [0.4, 0.5) is 0 Å². The third-order valence-electron chi connectivity index (χ3n) is 3.16. The molecular formula is C12H14N2O2. The Morgan fingerprint density at radius 1 is 1.56 bits per heavy atom. The number of aliphatic hydroxyl groups is 1. The maximum atomic E-state index is 9.40. The van der Waals surface area contributed by atoms with Crippen LogP contribution in [0.15, 0.2) is 29.0 Å². The number of rotatable bonds is 2. The van der Waals surface area contributed by atoms with Crippen molar-refractivity contribution < 1.29 is 9.52 Å². The average molecular weight is 218 g/mol. The van der Waals surface area contributed by atoms with Gasteiger partial charge in [-0.1, -0.05) is 0 Å². The Morgan fingerprint density at radius 3 is 3.25 bits per heavy atom. The van der Waals surface area contributed by atoms with Crippen molar-refractivity contribution in [2.45, 2.75) is 25.3 Å². The third-order valence-corrected chi connectivity index (χ3v) is 3.16. The molecule has 4 nitrogen and oxygen atoms in total. The second-order valence-corrected chi connectivity index (χ2v) is 4.15. The predicted octanol–water partition coefficient (Wildman–Crippen LogP) is 2.01. The Balaban J connectivity index is 2.11. The normalized spacial score (nSPS) is 19.7. The molecule has 0 spiro atoms. The van der Waals surface area contributed by atoms with Crippen molar-refractivity contribution in [3.8, 4) is 11.6 Å². The lowest BCUT2D eigenvalue weighted by Crippen LogP contribution is -2.21. The average Bonchev–Trinajstić information content (AvgIpc) is 2.96. The van der Waals surface area contributed by atoms with Gasteiger partial charge in [0.15, 0.2) is 11.6 Å². The largest absolute Gasteiger partial charge is 0.461 e. The Labute approximate surface area is 93.5 Å². The van der Waals surface area contributed by atoms with Crippen LogP contribution in [0.25, 0.3) is 11.6 Å². The van der Waals surface area contributed by atoms with E-state index in [1.807, 2.05) is 18.3 Å². The molecule has 16 heavy (non-hydrogen) atoms. The van der Waals surface area contributed by atoms with Gasteiger partial charge in [0.05, 0.1) is 18.9 Å². The first kappa shape index (κ1) is 9.66. The number of imidazole rings is 1. The molecule has 0 radical (unpaired) electrons. The molecule has 0 saturated carbocycles. The summed E-state index contributed by atoms with van der Waals surface area (Å²) in [5.41, 5.74) is 1.19. The van der Waals surface area contributed by atoms with Crippen LogP contribution in [0, 0.1) is 0 Å². The number of furan rings is 1. The van der Waals surface area contributed by atoms with Gasteiger partial charge in [-0.05, 0) is 31.4 Å². The molecule has 0 aliphatic carbocycles. The minimum absolute atomic E-state index is 0.145. The molecule has 1 unspecified atom stereocenters. The van der Waals surface area contributed by atoms with Gasteiger partial charge in [-0.2, -0.15) is 0 Å². The predicted molar refractivity (Wildman–Crippen MR) is 59.0 cm³/mol. The summed E-state index contributed by atoms with van der Waals surface area (Å²) in [6.45, 7) is 0.164. The molecule has 1 aliphatic heterocycles. The topological polar surface area (TPSA) is 51.2 Å². The van der Waals surface area contributed by atoms with E-state index in [4.69, 9.17) is 4.42 Å². The van der Waals surface area contributed by atoms with E-state index < -0.39 is 0 Å². The fourth-order valence-electron chi connectivity index (χ4n) is 2.40. The molecule has 1 atom stereocenters. The zero-order valence-electron chi connectivity index (χ0n) is 8.97. The summed E-state index contributed by atoms with van der Waals surface area (Å²) in [6, 6.07) is 3.90. The molecule has 84 valence electrons. The van der Waals surface area contributed by atoms with Crippen molar-refractivity contribution in [2.24, 2.45) is 0 Å². The number of hydrogen-bond donors (Lipinski definition) is 1. The lowest BCUT2D eigenvalue weighted by molar-refractivity contribution is 0.208. The van der Waals surface area contributed by atoms with E-state index in [1.165, 1.54) is 5.69 Å². The summed E-state index contributed by atoms with van der Waals surface area (Å²) in [5.74, 6) is 1.60. The number of aryl methyl sites for hydroxylation is 1.